The number of nitrogens with one attached hydrogen (secondary N) is 1. The molecule has 0 radical (unpaired) electrons. The largest absolute Gasteiger partial charge is 0.506 e. The lowest BCUT2D eigenvalue weighted by Gasteiger charge is -2.02. The van der Waals surface area contributed by atoms with E-state index in [0.717, 1.165) is 5.56 Å². The van der Waals surface area contributed by atoms with Crippen molar-refractivity contribution in [3.8, 4) is 5.75 Å². The van der Waals surface area contributed by atoms with Crippen LogP contribution in [-0.4, -0.2) is 10.8 Å². The highest BCUT2D eigenvalue weighted by atomic mass is 35.5. The molecule has 0 atom stereocenters. The Balaban J connectivity index is 3.05. The molecule has 0 saturated heterocycles. The van der Waals surface area contributed by atoms with E-state index in [9.17, 15) is 0 Å². The molecule has 0 aromatic heterocycles. The highest BCUT2D eigenvalue weighted by molar-refractivity contribution is 6.32. The SMILES string of the molecule is CCC(=N)c1ccc(O)c(Cl)c1. The van der Waals surface area contributed by atoms with Crippen molar-refractivity contribution in [1.82, 2.24) is 0 Å². The maximum Gasteiger partial charge on any atom is 0.134 e. The summed E-state index contributed by atoms with van der Waals surface area (Å²) in [6, 6.07) is 4.79. The minimum Gasteiger partial charge on any atom is -0.506 e. The van der Waals surface area contributed by atoms with Crippen LogP contribution in [0.5, 0.6) is 5.75 Å². The van der Waals surface area contributed by atoms with E-state index in [1.165, 1.54) is 6.07 Å². The third-order valence-corrected chi connectivity index (χ3v) is 1.95. The van der Waals surface area contributed by atoms with Gasteiger partial charge < -0.3 is 10.5 Å². The zero-order chi connectivity index (χ0) is 9.14. The Morgan fingerprint density at radius 3 is 2.75 bits per heavy atom. The van der Waals surface area contributed by atoms with Crippen LogP contribution in [0.4, 0.5) is 0 Å². The van der Waals surface area contributed by atoms with Gasteiger partial charge in [-0.1, -0.05) is 18.5 Å². The van der Waals surface area contributed by atoms with Gasteiger partial charge in [0.25, 0.3) is 0 Å². The van der Waals surface area contributed by atoms with Crippen LogP contribution in [0.25, 0.3) is 0 Å². The summed E-state index contributed by atoms with van der Waals surface area (Å²) >= 11 is 5.67. The fraction of sp³-hybridized carbons (Fsp3) is 0.222. The molecule has 0 spiro atoms. The molecular weight excluding hydrogens is 174 g/mol. The van der Waals surface area contributed by atoms with E-state index in [4.69, 9.17) is 22.1 Å². The molecule has 0 fully saturated rings. The van der Waals surface area contributed by atoms with Crippen molar-refractivity contribution in [1.29, 1.82) is 5.41 Å². The van der Waals surface area contributed by atoms with Crippen LogP contribution in [0.3, 0.4) is 0 Å². The third-order valence-electron chi connectivity index (χ3n) is 1.65. The predicted octanol–water partition coefficient (Wildman–Crippen LogP) is 2.82. The number of phenolic OH excluding ortho intramolecular Hbond substituents is 1. The summed E-state index contributed by atoms with van der Waals surface area (Å²) in [5, 5.41) is 16.9. The van der Waals surface area contributed by atoms with Crippen LogP contribution in [0.2, 0.25) is 5.02 Å². The number of aromatic hydroxyl groups is 1. The van der Waals surface area contributed by atoms with Crippen LogP contribution in [-0.2, 0) is 0 Å². The van der Waals surface area contributed by atoms with Crippen LogP contribution < -0.4 is 0 Å². The average Bonchev–Trinajstić information content (AvgIpc) is 2.08. The normalized spacial score (nSPS) is 9.83. The van der Waals surface area contributed by atoms with Gasteiger partial charge in [-0.05, 0) is 30.2 Å². The summed E-state index contributed by atoms with van der Waals surface area (Å²) < 4.78 is 0. The molecule has 3 heteroatoms. The summed E-state index contributed by atoms with van der Waals surface area (Å²) in [6.45, 7) is 1.91. The van der Waals surface area contributed by atoms with E-state index < -0.39 is 0 Å². The van der Waals surface area contributed by atoms with Crippen molar-refractivity contribution in [2.45, 2.75) is 13.3 Å². The van der Waals surface area contributed by atoms with E-state index in [0.29, 0.717) is 17.2 Å². The Labute approximate surface area is 76.3 Å². The van der Waals surface area contributed by atoms with Crippen molar-refractivity contribution in [2.75, 3.05) is 0 Å². The summed E-state index contributed by atoms with van der Waals surface area (Å²) in [5.74, 6) is 0.0596. The van der Waals surface area contributed by atoms with Crippen molar-refractivity contribution in [2.24, 2.45) is 0 Å². The molecule has 2 nitrogen and oxygen atoms in total. The number of halogens is 1. The molecule has 1 rings (SSSR count). The molecular formula is C9H10ClNO. The molecule has 0 aliphatic heterocycles. The van der Waals surface area contributed by atoms with Gasteiger partial charge in [-0.25, -0.2) is 0 Å². The summed E-state index contributed by atoms with van der Waals surface area (Å²) in [7, 11) is 0. The molecule has 64 valence electrons. The van der Waals surface area contributed by atoms with Crippen molar-refractivity contribution < 1.29 is 5.11 Å². The van der Waals surface area contributed by atoms with Crippen molar-refractivity contribution in [3.63, 3.8) is 0 Å². The highest BCUT2D eigenvalue weighted by Crippen LogP contribution is 2.23. The zero-order valence-corrected chi connectivity index (χ0v) is 7.52. The van der Waals surface area contributed by atoms with Gasteiger partial charge in [0, 0.05) is 5.71 Å². The molecule has 0 aliphatic rings. The summed E-state index contributed by atoms with van der Waals surface area (Å²) in [5.41, 5.74) is 1.29. The van der Waals surface area contributed by atoms with Gasteiger partial charge in [0.2, 0.25) is 0 Å². The summed E-state index contributed by atoms with van der Waals surface area (Å²) in [4.78, 5) is 0. The van der Waals surface area contributed by atoms with E-state index in [1.807, 2.05) is 6.92 Å². The fourth-order valence-electron chi connectivity index (χ4n) is 0.899. The quantitative estimate of drug-likeness (QED) is 0.681. The lowest BCUT2D eigenvalue weighted by molar-refractivity contribution is 0.475. The first-order chi connectivity index (χ1) is 5.65. The molecule has 1 aromatic rings. The number of benzene rings is 1. The predicted molar refractivity (Wildman–Crippen MR) is 50.2 cm³/mol. The van der Waals surface area contributed by atoms with E-state index in [2.05, 4.69) is 0 Å². The second-order valence-electron chi connectivity index (χ2n) is 2.50. The Morgan fingerprint density at radius 1 is 1.58 bits per heavy atom. The maximum atomic E-state index is 9.10. The number of hydrogen-bond acceptors (Lipinski definition) is 2. The fourth-order valence-corrected chi connectivity index (χ4v) is 1.08. The minimum absolute atomic E-state index is 0.0596. The van der Waals surface area contributed by atoms with Gasteiger partial charge in [0.15, 0.2) is 0 Å². The van der Waals surface area contributed by atoms with Gasteiger partial charge >= 0.3 is 0 Å². The third kappa shape index (κ3) is 1.77. The number of rotatable bonds is 2. The summed E-state index contributed by atoms with van der Waals surface area (Å²) in [6.07, 6.45) is 0.668. The Bertz CT molecular complexity index is 309. The van der Waals surface area contributed by atoms with Crippen LogP contribution in [0.1, 0.15) is 18.9 Å². The van der Waals surface area contributed by atoms with Gasteiger partial charge in [-0.3, -0.25) is 0 Å². The minimum atomic E-state index is 0.0596. The molecule has 12 heavy (non-hydrogen) atoms. The monoisotopic (exact) mass is 183 g/mol. The molecule has 1 aromatic carbocycles. The first-order valence-electron chi connectivity index (χ1n) is 3.71. The highest BCUT2D eigenvalue weighted by Gasteiger charge is 2.02. The maximum absolute atomic E-state index is 9.10. The van der Waals surface area contributed by atoms with Crippen LogP contribution in [0.15, 0.2) is 18.2 Å². The lowest BCUT2D eigenvalue weighted by Crippen LogP contribution is -1.95. The Kier molecular flexibility index (Phi) is 2.71. The molecule has 2 N–H and O–H groups in total. The Hall–Kier alpha value is -1.02. The molecule has 0 unspecified atom stereocenters. The molecule has 0 heterocycles. The first-order valence-corrected chi connectivity index (χ1v) is 4.09. The second kappa shape index (κ2) is 3.59. The topological polar surface area (TPSA) is 44.1 Å². The molecule has 0 saturated carbocycles. The smallest absolute Gasteiger partial charge is 0.134 e. The van der Waals surface area contributed by atoms with Gasteiger partial charge in [0.05, 0.1) is 5.02 Å². The van der Waals surface area contributed by atoms with Gasteiger partial charge in [-0.15, -0.1) is 0 Å². The van der Waals surface area contributed by atoms with Crippen LogP contribution >= 0.6 is 11.6 Å². The van der Waals surface area contributed by atoms with Gasteiger partial charge in [-0.2, -0.15) is 0 Å². The Morgan fingerprint density at radius 2 is 2.25 bits per heavy atom. The number of hydrogen-bond donors (Lipinski definition) is 2. The first kappa shape index (κ1) is 9.07. The molecule has 0 bridgehead atoms. The van der Waals surface area contributed by atoms with Crippen molar-refractivity contribution >= 4 is 17.3 Å². The zero-order valence-electron chi connectivity index (χ0n) is 6.76. The standard InChI is InChI=1S/C9H10ClNO/c1-2-8(11)6-3-4-9(12)7(10)5-6/h3-5,11-12H,2H2,1H3. The van der Waals surface area contributed by atoms with E-state index in [-0.39, 0.29) is 5.75 Å². The number of phenols is 1. The average molecular weight is 184 g/mol. The van der Waals surface area contributed by atoms with Crippen molar-refractivity contribution in [3.05, 3.63) is 28.8 Å². The molecule has 0 amide bonds. The molecule has 0 aliphatic carbocycles. The van der Waals surface area contributed by atoms with Gasteiger partial charge in [0.1, 0.15) is 5.75 Å². The second-order valence-corrected chi connectivity index (χ2v) is 2.91. The van der Waals surface area contributed by atoms with E-state index >= 15 is 0 Å². The van der Waals surface area contributed by atoms with E-state index in [1.54, 1.807) is 12.1 Å². The van der Waals surface area contributed by atoms with Crippen LogP contribution in [0, 0.1) is 5.41 Å². The lowest BCUT2D eigenvalue weighted by atomic mass is 10.1.